The maximum absolute atomic E-state index is 12.7. The maximum Gasteiger partial charge on any atom is 0.434 e. The molecule has 0 saturated carbocycles. The van der Waals surface area contributed by atoms with Crippen molar-refractivity contribution in [2.75, 3.05) is 26.2 Å². The summed E-state index contributed by atoms with van der Waals surface area (Å²) in [6.45, 7) is 5.91. The smallest absolute Gasteiger partial charge is 0.357 e. The van der Waals surface area contributed by atoms with E-state index in [1.807, 2.05) is 31.3 Å². The van der Waals surface area contributed by atoms with Crippen molar-refractivity contribution in [1.29, 1.82) is 0 Å². The predicted octanol–water partition coefficient (Wildman–Crippen LogP) is 3.94. The molecule has 0 radical (unpaired) electrons. The first kappa shape index (κ1) is 25.8. The summed E-state index contributed by atoms with van der Waals surface area (Å²) in [5.41, 5.74) is 0.253. The van der Waals surface area contributed by atoms with Gasteiger partial charge in [0.2, 0.25) is 0 Å². The lowest BCUT2D eigenvalue weighted by Gasteiger charge is -2.32. The number of piperidine rings is 1. The molecule has 31 heavy (non-hydrogen) atoms. The van der Waals surface area contributed by atoms with E-state index in [2.05, 4.69) is 30.5 Å². The number of pyridine rings is 1. The van der Waals surface area contributed by atoms with Gasteiger partial charge in [-0.05, 0) is 31.9 Å². The van der Waals surface area contributed by atoms with E-state index in [-0.39, 0.29) is 24.0 Å². The van der Waals surface area contributed by atoms with Gasteiger partial charge in [0.05, 0.1) is 10.7 Å². The molecule has 0 atom stereocenters. The quantitative estimate of drug-likeness (QED) is 0.301. The van der Waals surface area contributed by atoms with Crippen LogP contribution in [0.2, 0.25) is 0 Å². The Labute approximate surface area is 201 Å². The highest BCUT2D eigenvalue weighted by Gasteiger charge is 2.33. The number of alkyl halides is 3. The second-order valence-electron chi connectivity index (χ2n) is 7.15. The number of halogens is 4. The van der Waals surface area contributed by atoms with Crippen LogP contribution in [0.25, 0.3) is 0 Å². The maximum atomic E-state index is 12.7. The fourth-order valence-corrected chi connectivity index (χ4v) is 4.08. The van der Waals surface area contributed by atoms with Gasteiger partial charge in [-0.1, -0.05) is 6.07 Å². The van der Waals surface area contributed by atoms with E-state index in [1.165, 1.54) is 0 Å². The highest BCUT2D eigenvalue weighted by molar-refractivity contribution is 14.0. The van der Waals surface area contributed by atoms with Crippen LogP contribution in [0, 0.1) is 0 Å². The van der Waals surface area contributed by atoms with E-state index in [0.29, 0.717) is 30.0 Å². The van der Waals surface area contributed by atoms with Gasteiger partial charge in [0.25, 0.3) is 0 Å². The topological polar surface area (TPSA) is 65.4 Å². The molecule has 0 unspecified atom stereocenters. The number of thiazole rings is 1. The Bertz CT molecular complexity index is 807. The van der Waals surface area contributed by atoms with Gasteiger partial charge >= 0.3 is 6.18 Å². The number of aromatic nitrogens is 2. The molecular weight excluding hydrogens is 540 g/mol. The molecule has 2 N–H and O–H groups in total. The van der Waals surface area contributed by atoms with E-state index < -0.39 is 11.9 Å². The second kappa shape index (κ2) is 12.5. The average molecular weight is 568 g/mol. The molecular formula is C20H28F3IN6S. The summed E-state index contributed by atoms with van der Waals surface area (Å²) in [7, 11) is 0. The zero-order valence-corrected chi connectivity index (χ0v) is 20.5. The van der Waals surface area contributed by atoms with Gasteiger partial charge < -0.3 is 10.6 Å². The van der Waals surface area contributed by atoms with Gasteiger partial charge in [-0.2, -0.15) is 13.2 Å². The van der Waals surface area contributed by atoms with Crippen LogP contribution in [0.4, 0.5) is 13.2 Å². The molecule has 11 heteroatoms. The van der Waals surface area contributed by atoms with Crippen molar-refractivity contribution in [2.45, 2.75) is 44.9 Å². The zero-order chi connectivity index (χ0) is 21.4. The van der Waals surface area contributed by atoms with Crippen molar-refractivity contribution in [3.05, 3.63) is 46.2 Å². The minimum Gasteiger partial charge on any atom is -0.357 e. The lowest BCUT2D eigenvalue weighted by molar-refractivity contribution is -0.140. The Morgan fingerprint density at radius 3 is 2.68 bits per heavy atom. The van der Waals surface area contributed by atoms with E-state index in [4.69, 9.17) is 0 Å². The van der Waals surface area contributed by atoms with Gasteiger partial charge in [0.1, 0.15) is 0 Å². The summed E-state index contributed by atoms with van der Waals surface area (Å²) in [6, 6.07) is 6.29. The zero-order valence-electron chi connectivity index (χ0n) is 17.4. The van der Waals surface area contributed by atoms with Crippen LogP contribution in [0.15, 0.2) is 34.8 Å². The first-order valence-corrected chi connectivity index (χ1v) is 11.0. The fourth-order valence-electron chi connectivity index (χ4n) is 3.29. The molecule has 1 aliphatic heterocycles. The Kier molecular flexibility index (Phi) is 10.4. The number of nitrogens with one attached hydrogen (secondary N) is 2. The van der Waals surface area contributed by atoms with Gasteiger partial charge in [-0.15, -0.1) is 35.3 Å². The number of likely N-dealkylation sites (tertiary alicyclic amines) is 1. The first-order valence-electron chi connectivity index (χ1n) is 10.1. The van der Waals surface area contributed by atoms with E-state index in [9.17, 15) is 13.2 Å². The van der Waals surface area contributed by atoms with Gasteiger partial charge in [-0.3, -0.25) is 14.9 Å². The molecule has 3 heterocycles. The van der Waals surface area contributed by atoms with Crippen molar-refractivity contribution in [2.24, 2.45) is 4.99 Å². The van der Waals surface area contributed by atoms with E-state index in [1.54, 1.807) is 0 Å². The van der Waals surface area contributed by atoms with Crippen LogP contribution >= 0.6 is 35.3 Å². The average Bonchev–Trinajstić information content (AvgIpc) is 3.20. The molecule has 6 nitrogen and oxygen atoms in total. The first-order chi connectivity index (χ1) is 14.4. The molecule has 0 bridgehead atoms. The minimum atomic E-state index is -4.39. The van der Waals surface area contributed by atoms with Crippen LogP contribution < -0.4 is 10.6 Å². The SMILES string of the molecule is CCNC(=NCCc1nc(C(F)(F)F)cs1)NC1CCN(Cc2ccccn2)CC1.I. The van der Waals surface area contributed by atoms with Crippen LogP contribution in [0.5, 0.6) is 0 Å². The highest BCUT2D eigenvalue weighted by atomic mass is 127. The number of hydrogen-bond acceptors (Lipinski definition) is 5. The summed E-state index contributed by atoms with van der Waals surface area (Å²) < 4.78 is 38.0. The molecule has 0 spiro atoms. The monoisotopic (exact) mass is 568 g/mol. The third kappa shape index (κ3) is 8.53. The van der Waals surface area contributed by atoms with Crippen LogP contribution in [-0.4, -0.2) is 53.0 Å². The number of nitrogens with zero attached hydrogens (tertiary/aromatic N) is 4. The Balaban J connectivity index is 0.00000341. The second-order valence-corrected chi connectivity index (χ2v) is 8.09. The number of guanidine groups is 1. The molecule has 1 saturated heterocycles. The standard InChI is InChI=1S/C20H27F3N6S.HI/c1-2-24-19(26-10-6-18-28-17(14-30-18)20(21,22)23)27-15-7-11-29(12-8-15)13-16-5-3-4-9-25-16;/h3-5,9,14-15H,2,6-8,10-13H2,1H3,(H2,24,26,27);1H. The van der Waals surface area contributed by atoms with Crippen LogP contribution in [0.1, 0.15) is 36.2 Å². The summed E-state index contributed by atoms with van der Waals surface area (Å²) in [4.78, 5) is 15.0. The normalized spacial score (nSPS) is 16.1. The third-order valence-electron chi connectivity index (χ3n) is 4.82. The van der Waals surface area contributed by atoms with E-state index in [0.717, 1.165) is 61.4 Å². The molecule has 2 aromatic rings. The van der Waals surface area contributed by atoms with Crippen molar-refractivity contribution in [3.8, 4) is 0 Å². The molecule has 0 aromatic carbocycles. The van der Waals surface area contributed by atoms with Crippen molar-refractivity contribution in [1.82, 2.24) is 25.5 Å². The molecule has 172 valence electrons. The molecule has 0 amide bonds. The van der Waals surface area contributed by atoms with Gasteiger partial charge in [0.15, 0.2) is 11.7 Å². The van der Waals surface area contributed by atoms with Crippen molar-refractivity contribution >= 4 is 41.3 Å². The number of aliphatic imine (C=N–C) groups is 1. The Morgan fingerprint density at radius 2 is 2.06 bits per heavy atom. The molecule has 1 aliphatic rings. The molecule has 0 aliphatic carbocycles. The largest absolute Gasteiger partial charge is 0.434 e. The summed E-state index contributed by atoms with van der Waals surface area (Å²) in [5, 5.41) is 8.18. The molecule has 3 rings (SSSR count). The lowest BCUT2D eigenvalue weighted by Crippen LogP contribution is -2.48. The van der Waals surface area contributed by atoms with Gasteiger partial charge in [0, 0.05) is 56.8 Å². The predicted molar refractivity (Wildman–Crippen MR) is 128 cm³/mol. The Morgan fingerprint density at radius 1 is 1.29 bits per heavy atom. The number of hydrogen-bond donors (Lipinski definition) is 2. The van der Waals surface area contributed by atoms with Crippen LogP contribution in [-0.2, 0) is 19.1 Å². The van der Waals surface area contributed by atoms with E-state index >= 15 is 0 Å². The van der Waals surface area contributed by atoms with Crippen LogP contribution in [0.3, 0.4) is 0 Å². The molecule has 1 fully saturated rings. The third-order valence-corrected chi connectivity index (χ3v) is 5.73. The number of rotatable bonds is 7. The van der Waals surface area contributed by atoms with Crippen molar-refractivity contribution < 1.29 is 13.2 Å². The Hall–Kier alpha value is -1.47. The van der Waals surface area contributed by atoms with Gasteiger partial charge in [-0.25, -0.2) is 4.98 Å². The summed E-state index contributed by atoms with van der Waals surface area (Å²) >= 11 is 1.03. The summed E-state index contributed by atoms with van der Waals surface area (Å²) in [6.07, 6.45) is -0.185. The highest BCUT2D eigenvalue weighted by Crippen LogP contribution is 2.30. The summed E-state index contributed by atoms with van der Waals surface area (Å²) in [5.74, 6) is 0.702. The minimum absolute atomic E-state index is 0. The fraction of sp³-hybridized carbons (Fsp3) is 0.550. The lowest BCUT2D eigenvalue weighted by atomic mass is 10.0. The molecule has 2 aromatic heterocycles. The van der Waals surface area contributed by atoms with Crippen molar-refractivity contribution in [3.63, 3.8) is 0 Å².